The number of non-ortho nitro benzene ring substituents is 1. The van der Waals surface area contributed by atoms with E-state index in [1.807, 2.05) is 18.7 Å². The molecule has 31 heavy (non-hydrogen) atoms. The smallest absolute Gasteiger partial charge is 0.292 e. The number of nitro groups is 1. The molecule has 0 aliphatic rings. The molecular formula is C17H20N10O4. The van der Waals surface area contributed by atoms with Crippen molar-refractivity contribution in [2.75, 3.05) is 18.8 Å². The molecule has 0 saturated heterocycles. The first-order chi connectivity index (χ1) is 14.9. The molecule has 2 heterocycles. The van der Waals surface area contributed by atoms with Crippen molar-refractivity contribution in [2.24, 2.45) is 5.10 Å². The fraction of sp³-hybridized carbons (Fsp3) is 0.294. The highest BCUT2D eigenvalue weighted by atomic mass is 16.6. The maximum Gasteiger partial charge on any atom is 0.292 e. The molecule has 3 rings (SSSR count). The Morgan fingerprint density at radius 1 is 1.39 bits per heavy atom. The Hall–Kier alpha value is -4.20. The van der Waals surface area contributed by atoms with E-state index < -0.39 is 10.8 Å². The Morgan fingerprint density at radius 3 is 2.81 bits per heavy atom. The Morgan fingerprint density at radius 2 is 2.16 bits per heavy atom. The minimum atomic E-state index is -0.628. The van der Waals surface area contributed by atoms with Gasteiger partial charge >= 0.3 is 0 Å². The van der Waals surface area contributed by atoms with Gasteiger partial charge in [0.15, 0.2) is 5.69 Å². The van der Waals surface area contributed by atoms with Crippen LogP contribution < -0.4 is 11.2 Å². The number of aromatic nitrogens is 5. The molecule has 1 amide bonds. The summed E-state index contributed by atoms with van der Waals surface area (Å²) in [6.45, 7) is 5.80. The molecule has 14 heteroatoms. The molecule has 0 radical (unpaired) electrons. The Balaban J connectivity index is 1.87. The number of rotatable bonds is 9. The maximum absolute atomic E-state index is 12.9. The molecule has 3 N–H and O–H groups in total. The molecule has 0 fully saturated rings. The van der Waals surface area contributed by atoms with Gasteiger partial charge in [-0.3, -0.25) is 19.8 Å². The molecule has 2 aromatic heterocycles. The van der Waals surface area contributed by atoms with E-state index in [2.05, 4.69) is 35.8 Å². The number of nitrogens with one attached hydrogen (secondary N) is 1. The molecule has 1 aromatic carbocycles. The highest BCUT2D eigenvalue weighted by molar-refractivity contribution is 5.95. The molecule has 0 saturated carbocycles. The molecule has 14 nitrogen and oxygen atoms in total. The van der Waals surface area contributed by atoms with Crippen molar-refractivity contribution in [2.45, 2.75) is 20.4 Å². The lowest BCUT2D eigenvalue weighted by molar-refractivity contribution is -0.384. The van der Waals surface area contributed by atoms with Crippen molar-refractivity contribution in [3.63, 3.8) is 0 Å². The topological polar surface area (TPSA) is 183 Å². The van der Waals surface area contributed by atoms with Crippen LogP contribution >= 0.6 is 0 Å². The van der Waals surface area contributed by atoms with E-state index in [4.69, 9.17) is 5.73 Å². The Labute approximate surface area is 175 Å². The lowest BCUT2D eigenvalue weighted by Crippen LogP contribution is -2.27. The molecule has 0 atom stereocenters. The van der Waals surface area contributed by atoms with E-state index in [1.165, 1.54) is 24.4 Å². The lowest BCUT2D eigenvalue weighted by atomic mass is 10.2. The van der Waals surface area contributed by atoms with Crippen molar-refractivity contribution in [3.05, 3.63) is 51.3 Å². The van der Waals surface area contributed by atoms with Crippen molar-refractivity contribution in [1.29, 1.82) is 0 Å². The van der Waals surface area contributed by atoms with Crippen LogP contribution in [0.1, 0.15) is 35.6 Å². The summed E-state index contributed by atoms with van der Waals surface area (Å²) in [5.41, 5.74) is 8.91. The number of carbonyl (C=O) groups is 1. The van der Waals surface area contributed by atoms with Crippen LogP contribution in [0.4, 0.5) is 11.5 Å². The van der Waals surface area contributed by atoms with Crippen molar-refractivity contribution in [3.8, 4) is 5.82 Å². The Bertz CT molecular complexity index is 1100. The molecule has 0 aliphatic carbocycles. The second-order valence-corrected chi connectivity index (χ2v) is 6.28. The number of nitro benzene ring substituents is 1. The minimum Gasteiger partial charge on any atom is -0.378 e. The van der Waals surface area contributed by atoms with Crippen LogP contribution in [0.15, 0.2) is 34.0 Å². The fourth-order valence-electron chi connectivity index (χ4n) is 2.73. The third kappa shape index (κ3) is 4.87. The van der Waals surface area contributed by atoms with Crippen LogP contribution in [-0.4, -0.2) is 60.3 Å². The summed E-state index contributed by atoms with van der Waals surface area (Å²) in [5.74, 6) is -0.671. The van der Waals surface area contributed by atoms with Gasteiger partial charge in [0.2, 0.25) is 11.6 Å². The predicted octanol–water partition coefficient (Wildman–Crippen LogP) is 0.746. The highest BCUT2D eigenvalue weighted by Crippen LogP contribution is 2.17. The van der Waals surface area contributed by atoms with Gasteiger partial charge in [0.1, 0.15) is 5.69 Å². The number of nitrogen functional groups attached to an aromatic ring is 1. The second kappa shape index (κ2) is 9.53. The van der Waals surface area contributed by atoms with Crippen LogP contribution in [0.3, 0.4) is 0 Å². The van der Waals surface area contributed by atoms with Crippen LogP contribution in [0.2, 0.25) is 0 Å². The quantitative estimate of drug-likeness (QED) is 0.280. The van der Waals surface area contributed by atoms with Gasteiger partial charge in [0.05, 0.1) is 11.1 Å². The van der Waals surface area contributed by atoms with E-state index >= 15 is 0 Å². The monoisotopic (exact) mass is 428 g/mol. The van der Waals surface area contributed by atoms with Crippen molar-refractivity contribution in [1.82, 2.24) is 35.6 Å². The summed E-state index contributed by atoms with van der Waals surface area (Å²) < 4.78 is 5.72. The third-order valence-corrected chi connectivity index (χ3v) is 4.38. The SMILES string of the molecule is CCN(CC)Cc1nnn(-c2nonc2N)c1C(=O)N/N=C/c1cccc([N+](=O)[O-])c1. The number of nitrogens with two attached hydrogens (primary N) is 1. The standard InChI is InChI=1S/C17H20N10O4/c1-3-25(4-2)10-13-14(26(24-20-13)16-15(18)22-31-23-16)17(28)21-19-9-11-6-5-7-12(8-11)27(29)30/h5-9H,3-4,10H2,1-2H3,(H2,18,22)(H,21,28)/b19-9+. The second-order valence-electron chi connectivity index (χ2n) is 6.28. The van der Waals surface area contributed by atoms with Gasteiger partial charge in [-0.25, -0.2) is 10.1 Å². The zero-order valence-corrected chi connectivity index (χ0v) is 16.8. The number of hydrogen-bond acceptors (Lipinski definition) is 11. The van der Waals surface area contributed by atoms with Crippen LogP contribution in [0, 0.1) is 10.1 Å². The summed E-state index contributed by atoms with van der Waals surface area (Å²) in [7, 11) is 0. The largest absolute Gasteiger partial charge is 0.378 e. The van der Waals surface area contributed by atoms with Gasteiger partial charge < -0.3 is 5.73 Å². The van der Waals surface area contributed by atoms with E-state index in [9.17, 15) is 14.9 Å². The van der Waals surface area contributed by atoms with Gasteiger partial charge in [-0.2, -0.15) is 9.78 Å². The first-order valence-corrected chi connectivity index (χ1v) is 9.27. The number of anilines is 1. The van der Waals surface area contributed by atoms with Gasteiger partial charge in [0.25, 0.3) is 11.6 Å². The number of amides is 1. The summed E-state index contributed by atoms with van der Waals surface area (Å²) in [6.07, 6.45) is 1.29. The predicted molar refractivity (Wildman–Crippen MR) is 108 cm³/mol. The first-order valence-electron chi connectivity index (χ1n) is 9.27. The summed E-state index contributed by atoms with van der Waals surface area (Å²) in [6, 6.07) is 5.82. The molecule has 0 aliphatic heterocycles. The summed E-state index contributed by atoms with van der Waals surface area (Å²) in [5, 5.41) is 30.0. The van der Waals surface area contributed by atoms with E-state index in [1.54, 1.807) is 6.07 Å². The molecule has 3 aromatic rings. The van der Waals surface area contributed by atoms with Gasteiger partial charge in [-0.1, -0.05) is 31.2 Å². The summed E-state index contributed by atoms with van der Waals surface area (Å²) in [4.78, 5) is 25.3. The molecule has 162 valence electrons. The zero-order valence-electron chi connectivity index (χ0n) is 16.8. The number of hydrazone groups is 1. The maximum atomic E-state index is 12.9. The minimum absolute atomic E-state index is 0.0195. The number of carbonyl (C=O) groups excluding carboxylic acids is 1. The Kier molecular flexibility index (Phi) is 6.61. The van der Waals surface area contributed by atoms with Gasteiger partial charge in [-0.15, -0.1) is 5.10 Å². The van der Waals surface area contributed by atoms with Crippen LogP contribution in [-0.2, 0) is 6.54 Å². The van der Waals surface area contributed by atoms with Crippen molar-refractivity contribution < 1.29 is 14.3 Å². The van der Waals surface area contributed by atoms with E-state index in [0.29, 0.717) is 17.8 Å². The van der Waals surface area contributed by atoms with Gasteiger partial charge in [-0.05, 0) is 23.4 Å². The fourth-order valence-corrected chi connectivity index (χ4v) is 2.73. The molecular weight excluding hydrogens is 408 g/mol. The first kappa shape index (κ1) is 21.5. The average molecular weight is 428 g/mol. The number of nitrogens with zero attached hydrogens (tertiary/aromatic N) is 8. The van der Waals surface area contributed by atoms with E-state index in [-0.39, 0.29) is 23.0 Å². The third-order valence-electron chi connectivity index (χ3n) is 4.38. The van der Waals surface area contributed by atoms with E-state index in [0.717, 1.165) is 17.8 Å². The molecule has 0 bridgehead atoms. The molecule has 0 spiro atoms. The summed E-state index contributed by atoms with van der Waals surface area (Å²) >= 11 is 0. The highest BCUT2D eigenvalue weighted by Gasteiger charge is 2.25. The van der Waals surface area contributed by atoms with Crippen LogP contribution in [0.5, 0.6) is 0 Å². The van der Waals surface area contributed by atoms with Crippen molar-refractivity contribution >= 4 is 23.6 Å². The lowest BCUT2D eigenvalue weighted by Gasteiger charge is -2.16. The normalized spacial score (nSPS) is 11.3. The van der Waals surface area contributed by atoms with Gasteiger partial charge in [0, 0.05) is 24.2 Å². The number of hydrogen-bond donors (Lipinski definition) is 2. The zero-order chi connectivity index (χ0) is 22.4. The van der Waals surface area contributed by atoms with Crippen LogP contribution in [0.25, 0.3) is 5.82 Å². The molecule has 0 unspecified atom stereocenters. The number of benzene rings is 1. The average Bonchev–Trinajstić information content (AvgIpc) is 3.37.